The third-order valence-electron chi connectivity index (χ3n) is 3.95. The van der Waals surface area contributed by atoms with E-state index in [2.05, 4.69) is 5.32 Å². The monoisotopic (exact) mass is 337 g/mol. The number of hydrogen-bond donors (Lipinski definition) is 2. The van der Waals surface area contributed by atoms with Crippen molar-refractivity contribution >= 4 is 22.5 Å². The predicted octanol–water partition coefficient (Wildman–Crippen LogP) is 2.11. The SMILES string of the molecule is COc1ccc2cc(CNc3ccccc3)c(=O)n(CC(N)=O)c2c1. The molecule has 25 heavy (non-hydrogen) atoms. The van der Waals surface area contributed by atoms with Gasteiger partial charge in [-0.25, -0.2) is 0 Å². The number of nitrogens with zero attached hydrogens (tertiary/aromatic N) is 1. The zero-order valence-electron chi connectivity index (χ0n) is 13.9. The van der Waals surface area contributed by atoms with E-state index < -0.39 is 5.91 Å². The summed E-state index contributed by atoms with van der Waals surface area (Å²) in [5.74, 6) is 0.0414. The zero-order chi connectivity index (χ0) is 17.8. The van der Waals surface area contributed by atoms with Crippen molar-refractivity contribution in [2.75, 3.05) is 12.4 Å². The number of fused-ring (bicyclic) bond motifs is 1. The first-order valence-electron chi connectivity index (χ1n) is 7.86. The van der Waals surface area contributed by atoms with Gasteiger partial charge in [-0.1, -0.05) is 18.2 Å². The second-order valence-electron chi connectivity index (χ2n) is 5.67. The van der Waals surface area contributed by atoms with Crippen LogP contribution < -0.4 is 21.3 Å². The zero-order valence-corrected chi connectivity index (χ0v) is 13.9. The van der Waals surface area contributed by atoms with E-state index in [1.807, 2.05) is 48.5 Å². The summed E-state index contributed by atoms with van der Waals surface area (Å²) in [5.41, 5.74) is 7.17. The van der Waals surface area contributed by atoms with Crippen molar-refractivity contribution in [1.82, 2.24) is 4.57 Å². The number of carbonyl (C=O) groups excluding carboxylic acids is 1. The molecule has 0 saturated carbocycles. The summed E-state index contributed by atoms with van der Waals surface area (Å²) in [7, 11) is 1.55. The minimum atomic E-state index is -0.570. The van der Waals surface area contributed by atoms with Gasteiger partial charge in [-0.15, -0.1) is 0 Å². The Morgan fingerprint density at radius 2 is 1.92 bits per heavy atom. The van der Waals surface area contributed by atoms with Crippen LogP contribution in [0.1, 0.15) is 5.56 Å². The fraction of sp³-hybridized carbons (Fsp3) is 0.158. The lowest BCUT2D eigenvalue weighted by Gasteiger charge is -2.13. The number of para-hydroxylation sites is 1. The Kier molecular flexibility index (Phi) is 4.70. The number of methoxy groups -OCH3 is 1. The van der Waals surface area contributed by atoms with Gasteiger partial charge in [0.2, 0.25) is 5.91 Å². The maximum absolute atomic E-state index is 12.8. The first-order chi connectivity index (χ1) is 12.1. The number of primary amides is 1. The van der Waals surface area contributed by atoms with Gasteiger partial charge in [0.05, 0.1) is 12.6 Å². The van der Waals surface area contributed by atoms with Crippen molar-refractivity contribution < 1.29 is 9.53 Å². The number of pyridine rings is 1. The molecule has 0 aliphatic heterocycles. The second kappa shape index (κ2) is 7.09. The fourth-order valence-corrected chi connectivity index (χ4v) is 2.73. The Morgan fingerprint density at radius 1 is 1.16 bits per heavy atom. The minimum absolute atomic E-state index is 0.179. The molecule has 6 heteroatoms. The van der Waals surface area contributed by atoms with Crippen molar-refractivity contribution in [2.45, 2.75) is 13.1 Å². The van der Waals surface area contributed by atoms with Crippen LogP contribution in [-0.4, -0.2) is 17.6 Å². The first kappa shape index (κ1) is 16.6. The molecular formula is C19H19N3O3. The number of carbonyl (C=O) groups is 1. The number of nitrogens with one attached hydrogen (secondary N) is 1. The Balaban J connectivity index is 2.05. The summed E-state index contributed by atoms with van der Waals surface area (Å²) < 4.78 is 6.60. The molecule has 6 nitrogen and oxygen atoms in total. The van der Waals surface area contributed by atoms with Gasteiger partial charge in [-0.05, 0) is 35.7 Å². The van der Waals surface area contributed by atoms with Crippen molar-refractivity contribution in [3.8, 4) is 5.75 Å². The van der Waals surface area contributed by atoms with Crippen LogP contribution in [0.25, 0.3) is 10.9 Å². The number of ether oxygens (including phenoxy) is 1. The predicted molar refractivity (Wildman–Crippen MR) is 97.7 cm³/mol. The van der Waals surface area contributed by atoms with Crippen LogP contribution in [0.15, 0.2) is 59.4 Å². The number of benzene rings is 2. The molecule has 0 saturated heterocycles. The molecule has 3 N–H and O–H groups in total. The average molecular weight is 337 g/mol. The summed E-state index contributed by atoms with van der Waals surface area (Å²) in [6, 6.07) is 16.8. The van der Waals surface area contributed by atoms with Crippen LogP contribution in [-0.2, 0) is 17.9 Å². The van der Waals surface area contributed by atoms with Crippen molar-refractivity contribution in [2.24, 2.45) is 5.73 Å². The number of hydrogen-bond acceptors (Lipinski definition) is 4. The average Bonchev–Trinajstić information content (AvgIpc) is 2.63. The third kappa shape index (κ3) is 3.63. The van der Waals surface area contributed by atoms with E-state index in [-0.39, 0.29) is 12.1 Å². The largest absolute Gasteiger partial charge is 0.497 e. The lowest BCUT2D eigenvalue weighted by atomic mass is 10.1. The van der Waals surface area contributed by atoms with Crippen LogP contribution in [0.2, 0.25) is 0 Å². The van der Waals surface area contributed by atoms with Crippen LogP contribution in [0.5, 0.6) is 5.75 Å². The van der Waals surface area contributed by atoms with Gasteiger partial charge < -0.3 is 15.8 Å². The molecule has 3 rings (SSSR count). The molecule has 0 aliphatic rings. The van der Waals surface area contributed by atoms with E-state index in [1.54, 1.807) is 13.2 Å². The Labute approximate surface area is 144 Å². The van der Waals surface area contributed by atoms with Gasteiger partial charge in [0.15, 0.2) is 0 Å². The van der Waals surface area contributed by atoms with E-state index in [0.29, 0.717) is 23.4 Å². The Hall–Kier alpha value is -3.28. The molecule has 0 spiro atoms. The molecule has 128 valence electrons. The van der Waals surface area contributed by atoms with E-state index in [1.165, 1.54) is 4.57 Å². The molecule has 1 amide bonds. The minimum Gasteiger partial charge on any atom is -0.497 e. The molecule has 1 aromatic heterocycles. The number of nitrogens with two attached hydrogens (primary N) is 1. The maximum atomic E-state index is 12.8. The lowest BCUT2D eigenvalue weighted by molar-refractivity contribution is -0.118. The molecule has 0 unspecified atom stereocenters. The first-order valence-corrected chi connectivity index (χ1v) is 7.86. The highest BCUT2D eigenvalue weighted by Crippen LogP contribution is 2.21. The molecular weight excluding hydrogens is 318 g/mol. The fourth-order valence-electron chi connectivity index (χ4n) is 2.73. The summed E-state index contributed by atoms with van der Waals surface area (Å²) in [6.45, 7) is 0.172. The smallest absolute Gasteiger partial charge is 0.256 e. The molecule has 0 fully saturated rings. The summed E-state index contributed by atoms with van der Waals surface area (Å²) >= 11 is 0. The number of anilines is 1. The van der Waals surface area contributed by atoms with Gasteiger partial charge in [0.25, 0.3) is 5.56 Å². The standard InChI is InChI=1S/C19H19N3O3/c1-25-16-8-7-13-9-14(11-21-15-5-3-2-4-6-15)19(24)22(12-18(20)23)17(13)10-16/h2-10,21H,11-12H2,1H3,(H2,20,23). The highest BCUT2D eigenvalue weighted by Gasteiger charge is 2.12. The van der Waals surface area contributed by atoms with E-state index in [4.69, 9.17) is 10.5 Å². The molecule has 1 heterocycles. The third-order valence-corrected chi connectivity index (χ3v) is 3.95. The summed E-state index contributed by atoms with van der Waals surface area (Å²) in [4.78, 5) is 24.2. The molecule has 0 bridgehead atoms. The van der Waals surface area contributed by atoms with E-state index in [9.17, 15) is 9.59 Å². The van der Waals surface area contributed by atoms with Gasteiger partial charge in [0, 0.05) is 23.9 Å². The molecule has 2 aromatic carbocycles. The van der Waals surface area contributed by atoms with Crippen molar-refractivity contribution in [3.05, 3.63) is 70.5 Å². The van der Waals surface area contributed by atoms with Crippen LogP contribution in [0, 0.1) is 0 Å². The van der Waals surface area contributed by atoms with Crippen LogP contribution in [0.3, 0.4) is 0 Å². The van der Waals surface area contributed by atoms with Gasteiger partial charge in [-0.2, -0.15) is 0 Å². The topological polar surface area (TPSA) is 86.3 Å². The van der Waals surface area contributed by atoms with E-state index >= 15 is 0 Å². The van der Waals surface area contributed by atoms with Crippen LogP contribution >= 0.6 is 0 Å². The number of rotatable bonds is 6. The van der Waals surface area contributed by atoms with E-state index in [0.717, 1.165) is 11.1 Å². The number of amides is 1. The van der Waals surface area contributed by atoms with Gasteiger partial charge >= 0.3 is 0 Å². The quantitative estimate of drug-likeness (QED) is 0.721. The maximum Gasteiger partial charge on any atom is 0.256 e. The summed E-state index contributed by atoms with van der Waals surface area (Å²) in [6.07, 6.45) is 0. The Morgan fingerprint density at radius 3 is 2.60 bits per heavy atom. The van der Waals surface area contributed by atoms with Crippen molar-refractivity contribution in [3.63, 3.8) is 0 Å². The van der Waals surface area contributed by atoms with Gasteiger partial charge in [0.1, 0.15) is 12.3 Å². The number of aromatic nitrogens is 1. The molecule has 0 atom stereocenters. The normalized spacial score (nSPS) is 10.6. The lowest BCUT2D eigenvalue weighted by Crippen LogP contribution is -2.31. The summed E-state index contributed by atoms with van der Waals surface area (Å²) in [5, 5.41) is 4.05. The highest BCUT2D eigenvalue weighted by atomic mass is 16.5. The molecule has 0 aliphatic carbocycles. The highest BCUT2D eigenvalue weighted by molar-refractivity contribution is 5.83. The molecule has 3 aromatic rings. The van der Waals surface area contributed by atoms with Gasteiger partial charge in [-0.3, -0.25) is 14.2 Å². The molecule has 0 radical (unpaired) electrons. The van der Waals surface area contributed by atoms with Crippen molar-refractivity contribution in [1.29, 1.82) is 0 Å². The van der Waals surface area contributed by atoms with Crippen LogP contribution in [0.4, 0.5) is 5.69 Å². The second-order valence-corrected chi connectivity index (χ2v) is 5.67. The Bertz CT molecular complexity index is 965.